The fraction of sp³-hybridized carbons (Fsp3) is 0.333. The highest BCUT2D eigenvalue weighted by Gasteiger charge is 2.50. The second kappa shape index (κ2) is 10.0. The molecule has 5 rings (SSSR count). The molecule has 0 spiro atoms. The van der Waals surface area contributed by atoms with E-state index >= 15 is 0 Å². The molecule has 2 aliphatic rings. The van der Waals surface area contributed by atoms with E-state index in [2.05, 4.69) is 56.7 Å². The minimum atomic E-state index is -1.41. The molecule has 9 heteroatoms. The molecule has 0 radical (unpaired) electrons. The van der Waals surface area contributed by atoms with Crippen molar-refractivity contribution in [3.63, 3.8) is 0 Å². The van der Waals surface area contributed by atoms with Gasteiger partial charge in [0.05, 0.1) is 11.6 Å². The van der Waals surface area contributed by atoms with Gasteiger partial charge >= 0.3 is 0 Å². The summed E-state index contributed by atoms with van der Waals surface area (Å²) in [5, 5.41) is 6.24. The maximum atomic E-state index is 14.7. The zero-order valence-corrected chi connectivity index (χ0v) is 21.1. The van der Waals surface area contributed by atoms with E-state index in [1.165, 1.54) is 17.8 Å². The van der Waals surface area contributed by atoms with Gasteiger partial charge in [-0.2, -0.15) is 0 Å². The molecule has 0 aliphatic carbocycles. The molecular weight excluding hydrogens is 481 g/mol. The molecule has 36 heavy (non-hydrogen) atoms. The van der Waals surface area contributed by atoms with Crippen molar-refractivity contribution in [3.05, 3.63) is 82.3 Å². The van der Waals surface area contributed by atoms with Gasteiger partial charge in [-0.3, -0.25) is 10.1 Å². The van der Waals surface area contributed by atoms with Crippen molar-refractivity contribution in [1.82, 2.24) is 15.2 Å². The third-order valence-electron chi connectivity index (χ3n) is 6.87. The number of aromatic nitrogens is 1. The zero-order valence-electron chi connectivity index (χ0n) is 20.4. The van der Waals surface area contributed by atoms with Crippen LogP contribution in [0, 0.1) is 5.82 Å². The lowest BCUT2D eigenvalue weighted by Gasteiger charge is -2.34. The fourth-order valence-corrected chi connectivity index (χ4v) is 5.05. The summed E-state index contributed by atoms with van der Waals surface area (Å²) in [4.78, 5) is 22.7. The Morgan fingerprint density at radius 3 is 2.61 bits per heavy atom. The van der Waals surface area contributed by atoms with Crippen LogP contribution in [0.1, 0.15) is 23.6 Å². The van der Waals surface area contributed by atoms with Crippen LogP contribution >= 0.6 is 11.6 Å². The highest BCUT2D eigenvalue weighted by molar-refractivity contribution is 6.31. The summed E-state index contributed by atoms with van der Waals surface area (Å²) in [7, 11) is 2.14. The van der Waals surface area contributed by atoms with Crippen LogP contribution in [0.5, 0.6) is 5.88 Å². The number of hydrogen-bond donors (Lipinski definition) is 2. The van der Waals surface area contributed by atoms with Gasteiger partial charge < -0.3 is 19.9 Å². The van der Waals surface area contributed by atoms with Crippen molar-refractivity contribution in [2.75, 3.05) is 50.1 Å². The van der Waals surface area contributed by atoms with Crippen molar-refractivity contribution < 1.29 is 13.9 Å². The molecule has 1 amide bonds. The summed E-state index contributed by atoms with van der Waals surface area (Å²) in [6, 6.07) is 14.6. The normalized spacial score (nSPS) is 19.8. The van der Waals surface area contributed by atoms with Crippen LogP contribution in [0.15, 0.2) is 54.7 Å². The lowest BCUT2D eigenvalue weighted by molar-refractivity contribution is -0.120. The quantitative estimate of drug-likeness (QED) is 0.501. The topological polar surface area (TPSA) is 69.7 Å². The van der Waals surface area contributed by atoms with Gasteiger partial charge in [0.15, 0.2) is 5.54 Å². The summed E-state index contributed by atoms with van der Waals surface area (Å²) in [5.41, 5.74) is 2.17. The van der Waals surface area contributed by atoms with Crippen LogP contribution in [-0.4, -0.2) is 55.6 Å². The number of carbonyl (C=O) groups excluding carboxylic acids is 1. The van der Waals surface area contributed by atoms with Crippen molar-refractivity contribution in [1.29, 1.82) is 0 Å². The van der Waals surface area contributed by atoms with E-state index < -0.39 is 11.4 Å². The number of nitrogens with zero attached hydrogens (tertiary/aromatic N) is 3. The number of hydrogen-bond acceptors (Lipinski definition) is 6. The SMILES string of the molecule is CCOc1ncccc1C1(NCc2ccc(N3CCN(C)CC3)cc2)C(=O)Nc2cc(Cl)c(F)cc21. The predicted octanol–water partition coefficient (Wildman–Crippen LogP) is 4.01. The number of likely N-dealkylation sites (N-methyl/N-ethyl adjacent to an activating group) is 1. The van der Waals surface area contributed by atoms with Gasteiger partial charge in [0.2, 0.25) is 5.88 Å². The van der Waals surface area contributed by atoms with Crippen LogP contribution in [0.4, 0.5) is 15.8 Å². The molecule has 1 unspecified atom stereocenters. The fourth-order valence-electron chi connectivity index (χ4n) is 4.89. The standard InChI is InChI=1S/C27H29ClFN5O2/c1-3-36-25-20(5-4-10-30-25)27(21-15-23(29)22(28)16-24(21)32-26(27)35)31-17-18-6-8-19(9-7-18)34-13-11-33(2)12-14-34/h4-10,15-16,31H,3,11-14,17H2,1-2H3,(H,32,35). The Kier molecular flexibility index (Phi) is 6.83. The Balaban J connectivity index is 1.49. The van der Waals surface area contributed by atoms with Crippen molar-refractivity contribution in [2.24, 2.45) is 0 Å². The lowest BCUT2D eigenvalue weighted by atomic mass is 9.83. The molecule has 1 aromatic heterocycles. The second-order valence-electron chi connectivity index (χ2n) is 9.12. The summed E-state index contributed by atoms with van der Waals surface area (Å²) in [6.07, 6.45) is 1.61. The third kappa shape index (κ3) is 4.40. The largest absolute Gasteiger partial charge is 0.478 e. The Morgan fingerprint density at radius 1 is 1.14 bits per heavy atom. The van der Waals surface area contributed by atoms with E-state index in [0.717, 1.165) is 31.7 Å². The molecule has 1 saturated heterocycles. The number of piperazine rings is 1. The Morgan fingerprint density at radius 2 is 1.89 bits per heavy atom. The first-order valence-electron chi connectivity index (χ1n) is 12.1. The number of ether oxygens (including phenoxy) is 1. The number of rotatable bonds is 7. The number of anilines is 2. The van der Waals surface area contributed by atoms with Gasteiger partial charge in [0.1, 0.15) is 5.82 Å². The van der Waals surface area contributed by atoms with Crippen LogP contribution in [0.3, 0.4) is 0 Å². The molecule has 7 nitrogen and oxygen atoms in total. The molecule has 188 valence electrons. The highest BCUT2D eigenvalue weighted by atomic mass is 35.5. The summed E-state index contributed by atoms with van der Waals surface area (Å²) in [5.74, 6) is -0.630. The number of carbonyl (C=O) groups is 1. The molecule has 2 N–H and O–H groups in total. The van der Waals surface area contributed by atoms with Crippen molar-refractivity contribution >= 4 is 28.9 Å². The zero-order chi connectivity index (χ0) is 25.3. The van der Waals surface area contributed by atoms with Crippen LogP contribution < -0.4 is 20.3 Å². The van der Waals surface area contributed by atoms with Gasteiger partial charge in [-0.1, -0.05) is 23.7 Å². The van der Waals surface area contributed by atoms with Gasteiger partial charge in [-0.05, 0) is 55.9 Å². The molecule has 0 saturated carbocycles. The summed E-state index contributed by atoms with van der Waals surface area (Å²) in [6.45, 7) is 6.63. The van der Waals surface area contributed by atoms with Crippen molar-refractivity contribution in [3.8, 4) is 5.88 Å². The monoisotopic (exact) mass is 509 g/mol. The Bertz CT molecular complexity index is 1260. The maximum absolute atomic E-state index is 14.7. The van der Waals surface area contributed by atoms with Gasteiger partial charge in [-0.15, -0.1) is 0 Å². The number of amides is 1. The van der Waals surface area contributed by atoms with E-state index in [0.29, 0.717) is 35.8 Å². The predicted molar refractivity (Wildman–Crippen MR) is 139 cm³/mol. The number of halogens is 2. The van der Waals surface area contributed by atoms with E-state index in [-0.39, 0.29) is 10.9 Å². The highest BCUT2D eigenvalue weighted by Crippen LogP contribution is 2.45. The smallest absolute Gasteiger partial charge is 0.254 e. The molecule has 1 fully saturated rings. The first kappa shape index (κ1) is 24.5. The van der Waals surface area contributed by atoms with Gasteiger partial charge in [-0.25, -0.2) is 9.37 Å². The van der Waals surface area contributed by atoms with E-state index in [9.17, 15) is 9.18 Å². The number of fused-ring (bicyclic) bond motifs is 1. The third-order valence-corrected chi connectivity index (χ3v) is 7.16. The van der Waals surface area contributed by atoms with Crippen LogP contribution in [0.25, 0.3) is 0 Å². The number of nitrogens with one attached hydrogen (secondary N) is 2. The van der Waals surface area contributed by atoms with Gasteiger partial charge in [0.25, 0.3) is 5.91 Å². The molecule has 2 aliphatic heterocycles. The number of pyridine rings is 1. The second-order valence-corrected chi connectivity index (χ2v) is 9.52. The van der Waals surface area contributed by atoms with E-state index in [1.807, 2.05) is 6.92 Å². The summed E-state index contributed by atoms with van der Waals surface area (Å²) >= 11 is 6.03. The van der Waals surface area contributed by atoms with Crippen LogP contribution in [-0.2, 0) is 16.9 Å². The first-order valence-corrected chi connectivity index (χ1v) is 12.5. The molecule has 1 atom stereocenters. The first-order chi connectivity index (χ1) is 17.4. The van der Waals surface area contributed by atoms with E-state index in [1.54, 1.807) is 18.3 Å². The molecular formula is C27H29ClFN5O2. The lowest BCUT2D eigenvalue weighted by Crippen LogP contribution is -2.49. The van der Waals surface area contributed by atoms with E-state index in [4.69, 9.17) is 16.3 Å². The number of benzene rings is 2. The van der Waals surface area contributed by atoms with Gasteiger partial charge in [0, 0.05) is 61.4 Å². The minimum Gasteiger partial charge on any atom is -0.478 e. The molecule has 0 bridgehead atoms. The Labute approximate surface area is 215 Å². The molecule has 3 heterocycles. The molecule has 3 aromatic rings. The average molecular weight is 510 g/mol. The maximum Gasteiger partial charge on any atom is 0.254 e. The molecule has 2 aromatic carbocycles. The van der Waals surface area contributed by atoms with Crippen LogP contribution in [0.2, 0.25) is 5.02 Å². The Hall–Kier alpha value is -3.20. The summed E-state index contributed by atoms with van der Waals surface area (Å²) < 4.78 is 20.4. The average Bonchev–Trinajstić information content (AvgIpc) is 3.15. The minimum absolute atomic E-state index is 0.0550. The van der Waals surface area contributed by atoms with Crippen molar-refractivity contribution in [2.45, 2.75) is 19.0 Å².